The zero-order valence-corrected chi connectivity index (χ0v) is 3.01. The minimum absolute atomic E-state index is 0. The summed E-state index contributed by atoms with van der Waals surface area (Å²) in [5, 5.41) is 6.89. The summed E-state index contributed by atoms with van der Waals surface area (Å²) >= 11 is 0. The number of hydrogen-bond donors (Lipinski definition) is 2. The van der Waals surface area contributed by atoms with Gasteiger partial charge in [-0.3, -0.25) is 4.79 Å². The summed E-state index contributed by atoms with van der Waals surface area (Å²) in [6, 6.07) is 0. The van der Waals surface area contributed by atoms with Gasteiger partial charge in [-0.05, 0) is 7.05 Å². The molecular formula is C2H8NNaO2. The van der Waals surface area contributed by atoms with Crippen LogP contribution in [0.4, 0.5) is 0 Å². The Labute approximate surface area is 58.8 Å². The third-order valence-electron chi connectivity index (χ3n) is 0. The van der Waals surface area contributed by atoms with Gasteiger partial charge in [-0.25, -0.2) is 0 Å². The first-order valence-corrected chi connectivity index (χ1v) is 1.07. The molecule has 6 heavy (non-hydrogen) atoms. The van der Waals surface area contributed by atoms with Gasteiger partial charge in [-0.15, -0.1) is 0 Å². The van der Waals surface area contributed by atoms with Gasteiger partial charge in [0.1, 0.15) is 0 Å². The van der Waals surface area contributed by atoms with E-state index in [0.29, 0.717) is 0 Å². The molecule has 0 unspecified atom stereocenters. The Morgan fingerprint density at radius 3 is 1.67 bits per heavy atom. The summed E-state index contributed by atoms with van der Waals surface area (Å²) < 4.78 is 0. The van der Waals surface area contributed by atoms with Gasteiger partial charge >= 0.3 is 29.6 Å². The van der Waals surface area contributed by atoms with Crippen molar-refractivity contribution < 1.29 is 9.90 Å². The zero-order chi connectivity index (χ0) is 4.71. The van der Waals surface area contributed by atoms with E-state index >= 15 is 0 Å². The second-order valence-corrected chi connectivity index (χ2v) is 0.105. The molecule has 0 saturated heterocycles. The maximum absolute atomic E-state index is 8.36. The van der Waals surface area contributed by atoms with Gasteiger partial charge in [0.25, 0.3) is 6.47 Å². The Morgan fingerprint density at radius 2 is 1.67 bits per heavy atom. The Morgan fingerprint density at radius 1 is 1.67 bits per heavy atom. The van der Waals surface area contributed by atoms with Crippen molar-refractivity contribution in [1.82, 2.24) is 0 Å². The van der Waals surface area contributed by atoms with E-state index in [1.165, 1.54) is 7.05 Å². The summed E-state index contributed by atoms with van der Waals surface area (Å²) in [6.07, 6.45) is 0. The zero-order valence-electron chi connectivity index (χ0n) is 3.01. The van der Waals surface area contributed by atoms with Crippen molar-refractivity contribution in [3.05, 3.63) is 0 Å². The fourth-order valence-corrected chi connectivity index (χ4v) is 0. The van der Waals surface area contributed by atoms with E-state index in [1.54, 1.807) is 0 Å². The molecule has 0 aromatic carbocycles. The second-order valence-electron chi connectivity index (χ2n) is 0.105. The number of hydrogen-bond acceptors (Lipinski definition) is 2. The summed E-state index contributed by atoms with van der Waals surface area (Å²) in [4.78, 5) is 8.36. The molecule has 0 spiro atoms. The van der Waals surface area contributed by atoms with Gasteiger partial charge in [-0.2, -0.15) is 0 Å². The van der Waals surface area contributed by atoms with Crippen LogP contribution in [-0.4, -0.2) is 48.2 Å². The third kappa shape index (κ3) is 282. The molecule has 0 aromatic rings. The number of carbonyl (C=O) groups is 1. The molecule has 0 rings (SSSR count). The van der Waals surface area contributed by atoms with Crippen LogP contribution in [0.25, 0.3) is 0 Å². The summed E-state index contributed by atoms with van der Waals surface area (Å²) in [7, 11) is 1.50. The first kappa shape index (κ1) is 16.1. The van der Waals surface area contributed by atoms with Gasteiger partial charge in [0.2, 0.25) is 0 Å². The molecule has 0 aromatic heterocycles. The third-order valence-corrected chi connectivity index (χ3v) is 0. The molecule has 3 N–H and O–H groups in total. The van der Waals surface area contributed by atoms with Gasteiger partial charge < -0.3 is 10.8 Å². The number of nitrogens with two attached hydrogens (primary N) is 1. The first-order valence-electron chi connectivity index (χ1n) is 1.07. The van der Waals surface area contributed by atoms with Crippen LogP contribution < -0.4 is 5.73 Å². The van der Waals surface area contributed by atoms with Crippen LogP contribution in [0.15, 0.2) is 0 Å². The number of carboxylic acid groups (broad SMARTS) is 1. The van der Waals surface area contributed by atoms with Crippen molar-refractivity contribution in [1.29, 1.82) is 0 Å². The Balaban J connectivity index is -0.0000000275. The topological polar surface area (TPSA) is 63.3 Å². The Hall–Kier alpha value is 0.430. The summed E-state index contributed by atoms with van der Waals surface area (Å²) in [5.74, 6) is 0. The van der Waals surface area contributed by atoms with Crippen molar-refractivity contribution in [2.24, 2.45) is 5.73 Å². The SMILES string of the molecule is CN.O=CO.[NaH]. The van der Waals surface area contributed by atoms with Crippen LogP contribution in [0.5, 0.6) is 0 Å². The molecule has 0 radical (unpaired) electrons. The van der Waals surface area contributed by atoms with Crippen molar-refractivity contribution in [3.8, 4) is 0 Å². The van der Waals surface area contributed by atoms with Crippen LogP contribution in [0.1, 0.15) is 0 Å². The molecule has 0 bridgehead atoms. The molecule has 0 amide bonds. The summed E-state index contributed by atoms with van der Waals surface area (Å²) in [6.45, 7) is -0.250. The minimum atomic E-state index is -0.250. The molecular weight excluding hydrogens is 93.0 g/mol. The van der Waals surface area contributed by atoms with E-state index in [2.05, 4.69) is 5.73 Å². The molecule has 3 nitrogen and oxygen atoms in total. The maximum atomic E-state index is 8.36. The average Bonchev–Trinajstić information content (AvgIpc) is 1.46. The first-order chi connectivity index (χ1) is 2.41. The van der Waals surface area contributed by atoms with E-state index in [0.717, 1.165) is 0 Å². The Bertz CT molecular complexity index is 19.0. The quantitative estimate of drug-likeness (QED) is 0.292. The van der Waals surface area contributed by atoms with Gasteiger partial charge in [0.05, 0.1) is 0 Å². The summed E-state index contributed by atoms with van der Waals surface area (Å²) in [5.41, 5.74) is 4.50. The van der Waals surface area contributed by atoms with Crippen molar-refractivity contribution in [3.63, 3.8) is 0 Å². The van der Waals surface area contributed by atoms with Crippen LogP contribution in [0, 0.1) is 0 Å². The van der Waals surface area contributed by atoms with Crippen molar-refractivity contribution >= 4 is 36.0 Å². The molecule has 34 valence electrons. The molecule has 4 heteroatoms. The second kappa shape index (κ2) is 52.1. The number of rotatable bonds is 0. The fraction of sp³-hybridized carbons (Fsp3) is 0.500. The predicted molar refractivity (Wildman–Crippen MR) is 26.0 cm³/mol. The van der Waals surface area contributed by atoms with E-state index in [1.807, 2.05) is 0 Å². The van der Waals surface area contributed by atoms with Crippen LogP contribution in [0.2, 0.25) is 0 Å². The predicted octanol–water partition coefficient (Wildman–Crippen LogP) is -1.37. The molecule has 0 aliphatic carbocycles. The van der Waals surface area contributed by atoms with Crippen molar-refractivity contribution in [2.75, 3.05) is 7.05 Å². The van der Waals surface area contributed by atoms with E-state index < -0.39 is 0 Å². The van der Waals surface area contributed by atoms with E-state index in [4.69, 9.17) is 9.90 Å². The fourth-order valence-electron chi connectivity index (χ4n) is 0. The van der Waals surface area contributed by atoms with Crippen LogP contribution in [-0.2, 0) is 4.79 Å². The monoisotopic (exact) mass is 101 g/mol. The van der Waals surface area contributed by atoms with Crippen LogP contribution >= 0.6 is 0 Å². The van der Waals surface area contributed by atoms with Gasteiger partial charge in [0, 0.05) is 0 Å². The molecule has 0 heterocycles. The normalized spacial score (nSPS) is 3.00. The van der Waals surface area contributed by atoms with Crippen LogP contribution in [0.3, 0.4) is 0 Å². The van der Waals surface area contributed by atoms with Crippen molar-refractivity contribution in [2.45, 2.75) is 0 Å². The van der Waals surface area contributed by atoms with E-state index in [-0.39, 0.29) is 36.0 Å². The van der Waals surface area contributed by atoms with Gasteiger partial charge in [0.15, 0.2) is 0 Å². The van der Waals surface area contributed by atoms with E-state index in [9.17, 15) is 0 Å². The van der Waals surface area contributed by atoms with Gasteiger partial charge in [-0.1, -0.05) is 0 Å². The molecule has 0 saturated carbocycles. The molecule has 0 fully saturated rings. The molecule has 0 aliphatic rings. The molecule has 0 atom stereocenters. The average molecular weight is 101 g/mol. The molecule has 0 aliphatic heterocycles. The standard InChI is InChI=1S/CH5N.CH2O2.Na.H/c1-2;2-1-3;;/h2H2,1H3;1H,(H,2,3);;. The Kier molecular flexibility index (Phi) is 140.